The summed E-state index contributed by atoms with van der Waals surface area (Å²) < 4.78 is 60.4. The number of halogens is 3. The van der Waals surface area contributed by atoms with Gasteiger partial charge in [0, 0.05) is 25.0 Å². The van der Waals surface area contributed by atoms with Crippen LogP contribution in [0.15, 0.2) is 36.5 Å². The molecule has 1 aromatic carbocycles. The van der Waals surface area contributed by atoms with E-state index in [2.05, 4.69) is 28.8 Å². The number of nitrogens with zero attached hydrogens (tertiary/aromatic N) is 3. The molecule has 11 heteroatoms. The van der Waals surface area contributed by atoms with Gasteiger partial charge >= 0.3 is 12.1 Å². The van der Waals surface area contributed by atoms with Crippen molar-refractivity contribution in [2.45, 2.75) is 50.7 Å². The molecule has 32 heavy (non-hydrogen) atoms. The topological polar surface area (TPSA) is 92.5 Å². The maximum Gasteiger partial charge on any atom is 0.490 e. The van der Waals surface area contributed by atoms with E-state index in [1.165, 1.54) is 11.3 Å². The van der Waals surface area contributed by atoms with E-state index in [4.69, 9.17) is 14.9 Å². The molecular weight excluding hydrogens is 447 g/mol. The van der Waals surface area contributed by atoms with Crippen LogP contribution in [-0.2, 0) is 26.8 Å². The Balaban J connectivity index is 0.000000360. The Bertz CT molecular complexity index is 1040. The zero-order chi connectivity index (χ0) is 23.6. The van der Waals surface area contributed by atoms with Crippen molar-refractivity contribution in [3.05, 3.63) is 42.4 Å². The highest BCUT2D eigenvalue weighted by molar-refractivity contribution is 7.89. The highest BCUT2D eigenvalue weighted by Gasteiger charge is 2.45. The molecule has 1 spiro atoms. The fourth-order valence-electron chi connectivity index (χ4n) is 4.36. The van der Waals surface area contributed by atoms with E-state index in [1.54, 1.807) is 4.31 Å². The minimum Gasteiger partial charge on any atom is -0.475 e. The third-order valence-electron chi connectivity index (χ3n) is 5.99. The van der Waals surface area contributed by atoms with Crippen molar-refractivity contribution in [3.63, 3.8) is 0 Å². The van der Waals surface area contributed by atoms with Crippen LogP contribution in [0, 0.1) is 0 Å². The van der Waals surface area contributed by atoms with Gasteiger partial charge in [0.2, 0.25) is 10.0 Å². The molecule has 176 valence electrons. The predicted octanol–water partition coefficient (Wildman–Crippen LogP) is 3.66. The van der Waals surface area contributed by atoms with Crippen molar-refractivity contribution < 1.29 is 31.5 Å². The van der Waals surface area contributed by atoms with Crippen LogP contribution >= 0.6 is 0 Å². The van der Waals surface area contributed by atoms with Gasteiger partial charge in [0.15, 0.2) is 0 Å². The number of alkyl halides is 3. The lowest BCUT2D eigenvalue weighted by Crippen LogP contribution is -2.45. The SMILES string of the molecule is CCCS(=O)(=O)N1CCC2(CC1)CCn1c(-c3ccccc3)cnc12.O=C(O)C(F)(F)F. The first-order chi connectivity index (χ1) is 15.0. The lowest BCUT2D eigenvalue weighted by atomic mass is 9.77. The summed E-state index contributed by atoms with van der Waals surface area (Å²) in [4.78, 5) is 13.7. The number of rotatable bonds is 4. The van der Waals surface area contributed by atoms with Gasteiger partial charge in [0.1, 0.15) is 5.82 Å². The van der Waals surface area contributed by atoms with Gasteiger partial charge in [-0.3, -0.25) is 0 Å². The summed E-state index contributed by atoms with van der Waals surface area (Å²) in [5.74, 6) is -1.35. The number of aliphatic carboxylic acids is 1. The van der Waals surface area contributed by atoms with Gasteiger partial charge in [-0.2, -0.15) is 13.2 Å². The number of carboxylic acids is 1. The van der Waals surface area contributed by atoms with Gasteiger partial charge in [-0.1, -0.05) is 37.3 Å². The van der Waals surface area contributed by atoms with Crippen molar-refractivity contribution in [1.82, 2.24) is 13.9 Å². The highest BCUT2D eigenvalue weighted by Crippen LogP contribution is 2.45. The molecule has 1 aromatic heterocycles. The molecule has 2 aromatic rings. The number of imidazole rings is 1. The van der Waals surface area contributed by atoms with E-state index in [0.29, 0.717) is 19.5 Å². The molecule has 4 rings (SSSR count). The molecule has 0 amide bonds. The largest absolute Gasteiger partial charge is 0.490 e. The Morgan fingerprint density at radius 1 is 1.12 bits per heavy atom. The van der Waals surface area contributed by atoms with Crippen LogP contribution in [0.2, 0.25) is 0 Å². The Morgan fingerprint density at radius 3 is 2.22 bits per heavy atom. The first-order valence-electron chi connectivity index (χ1n) is 10.4. The number of sulfonamides is 1. The highest BCUT2D eigenvalue weighted by atomic mass is 32.2. The fourth-order valence-corrected chi connectivity index (χ4v) is 5.87. The molecule has 1 fully saturated rings. The molecule has 0 atom stereocenters. The monoisotopic (exact) mass is 473 g/mol. The molecular formula is C21H26F3N3O4S. The summed E-state index contributed by atoms with van der Waals surface area (Å²) >= 11 is 0. The van der Waals surface area contributed by atoms with Crippen LogP contribution < -0.4 is 0 Å². The fraction of sp³-hybridized carbons (Fsp3) is 0.524. The Labute approximate surface area is 184 Å². The molecule has 2 aliphatic heterocycles. The molecule has 0 aliphatic carbocycles. The lowest BCUT2D eigenvalue weighted by Gasteiger charge is -2.37. The van der Waals surface area contributed by atoms with E-state index in [9.17, 15) is 21.6 Å². The van der Waals surface area contributed by atoms with Crippen molar-refractivity contribution in [3.8, 4) is 11.3 Å². The zero-order valence-electron chi connectivity index (χ0n) is 17.7. The van der Waals surface area contributed by atoms with Gasteiger partial charge in [-0.05, 0) is 31.2 Å². The molecule has 0 unspecified atom stereocenters. The molecule has 3 heterocycles. The van der Waals surface area contributed by atoms with E-state index in [1.807, 2.05) is 19.2 Å². The van der Waals surface area contributed by atoms with Crippen LogP contribution in [0.5, 0.6) is 0 Å². The lowest BCUT2D eigenvalue weighted by molar-refractivity contribution is -0.192. The summed E-state index contributed by atoms with van der Waals surface area (Å²) in [5.41, 5.74) is 2.42. The zero-order valence-corrected chi connectivity index (χ0v) is 18.5. The maximum absolute atomic E-state index is 12.3. The van der Waals surface area contributed by atoms with Crippen LogP contribution in [0.1, 0.15) is 38.4 Å². The Morgan fingerprint density at radius 2 is 1.69 bits per heavy atom. The van der Waals surface area contributed by atoms with Gasteiger partial charge in [-0.15, -0.1) is 0 Å². The second-order valence-electron chi connectivity index (χ2n) is 8.03. The van der Waals surface area contributed by atoms with Crippen LogP contribution in [0.4, 0.5) is 13.2 Å². The van der Waals surface area contributed by atoms with Gasteiger partial charge in [-0.25, -0.2) is 22.5 Å². The van der Waals surface area contributed by atoms with Gasteiger partial charge < -0.3 is 9.67 Å². The number of piperidine rings is 1. The molecule has 7 nitrogen and oxygen atoms in total. The summed E-state index contributed by atoms with van der Waals surface area (Å²) in [5, 5.41) is 7.12. The van der Waals surface area contributed by atoms with Crippen molar-refractivity contribution >= 4 is 16.0 Å². The van der Waals surface area contributed by atoms with E-state index >= 15 is 0 Å². The number of fused-ring (bicyclic) bond motifs is 2. The standard InChI is InChI=1S/C19H25N3O2S.C2HF3O2/c1-2-14-25(23,24)21-11-8-19(9-12-21)10-13-22-17(15-20-18(19)22)16-6-4-3-5-7-16;3-2(4,5)1(6)7/h3-7,15H,2,8-14H2,1H3;(H,6,7). The Hall–Kier alpha value is -2.40. The van der Waals surface area contributed by atoms with Crippen LogP contribution in [0.3, 0.4) is 0 Å². The third kappa shape index (κ3) is 4.98. The van der Waals surface area contributed by atoms with E-state index in [-0.39, 0.29) is 11.2 Å². The number of benzene rings is 1. The number of hydrogen-bond donors (Lipinski definition) is 1. The number of hydrogen-bond acceptors (Lipinski definition) is 4. The summed E-state index contributed by atoms with van der Waals surface area (Å²) in [6.45, 7) is 4.13. The molecule has 1 saturated heterocycles. The smallest absolute Gasteiger partial charge is 0.475 e. The predicted molar refractivity (Wildman–Crippen MR) is 113 cm³/mol. The second kappa shape index (κ2) is 9.22. The summed E-state index contributed by atoms with van der Waals surface area (Å²) in [6.07, 6.45) is 0.390. The number of carbonyl (C=O) groups is 1. The normalized spacial score (nSPS) is 18.1. The van der Waals surface area contributed by atoms with Crippen molar-refractivity contribution in [2.24, 2.45) is 0 Å². The number of aromatic nitrogens is 2. The second-order valence-corrected chi connectivity index (χ2v) is 10.1. The van der Waals surface area contributed by atoms with Crippen LogP contribution in [0.25, 0.3) is 11.3 Å². The van der Waals surface area contributed by atoms with Gasteiger partial charge in [0.25, 0.3) is 0 Å². The molecule has 0 bridgehead atoms. The maximum atomic E-state index is 12.3. The summed E-state index contributed by atoms with van der Waals surface area (Å²) in [7, 11) is -3.09. The van der Waals surface area contributed by atoms with Gasteiger partial charge in [0.05, 0.1) is 17.6 Å². The number of carboxylic acid groups (broad SMARTS) is 1. The first kappa shape index (κ1) is 24.2. The summed E-state index contributed by atoms with van der Waals surface area (Å²) in [6, 6.07) is 10.4. The van der Waals surface area contributed by atoms with Crippen molar-refractivity contribution in [2.75, 3.05) is 18.8 Å². The molecule has 2 aliphatic rings. The quantitative estimate of drug-likeness (QED) is 0.732. The first-order valence-corrected chi connectivity index (χ1v) is 12.0. The van der Waals surface area contributed by atoms with E-state index < -0.39 is 22.2 Å². The molecule has 0 radical (unpaired) electrons. The average molecular weight is 474 g/mol. The molecule has 1 N–H and O–H groups in total. The van der Waals surface area contributed by atoms with Crippen molar-refractivity contribution in [1.29, 1.82) is 0 Å². The average Bonchev–Trinajstić information content (AvgIpc) is 3.31. The minimum atomic E-state index is -5.08. The Kier molecular flexibility index (Phi) is 6.99. The third-order valence-corrected chi connectivity index (χ3v) is 8.07. The van der Waals surface area contributed by atoms with E-state index in [0.717, 1.165) is 31.6 Å². The molecule has 0 saturated carbocycles. The minimum absolute atomic E-state index is 0.0469. The van der Waals surface area contributed by atoms with Crippen LogP contribution in [-0.4, -0.2) is 58.4 Å².